The van der Waals surface area contributed by atoms with Gasteiger partial charge in [-0.1, -0.05) is 6.07 Å². The molecule has 184 valence electrons. The molecule has 3 atom stereocenters. The van der Waals surface area contributed by atoms with E-state index in [4.69, 9.17) is 19.4 Å². The summed E-state index contributed by atoms with van der Waals surface area (Å²) in [7, 11) is 0. The SMILES string of the molecule is O=C(COCC1CC2OCCN(Cc3cccnc3)C2C1)N1CCCC1.O=C(O)C(F)(F)F. The molecule has 33 heavy (non-hydrogen) atoms. The van der Waals surface area contributed by atoms with Crippen molar-refractivity contribution in [1.82, 2.24) is 14.8 Å². The third kappa shape index (κ3) is 7.65. The van der Waals surface area contributed by atoms with Crippen LogP contribution in [0.5, 0.6) is 0 Å². The normalized spacial score (nSPS) is 25.3. The Bertz CT molecular complexity index is 774. The molecule has 0 aromatic carbocycles. The maximum atomic E-state index is 12.1. The molecular weight excluding hydrogens is 443 g/mol. The van der Waals surface area contributed by atoms with Gasteiger partial charge in [0.05, 0.1) is 19.3 Å². The van der Waals surface area contributed by atoms with Crippen LogP contribution in [0.15, 0.2) is 24.5 Å². The second-order valence-electron chi connectivity index (χ2n) is 8.55. The highest BCUT2D eigenvalue weighted by Gasteiger charge is 2.41. The molecule has 3 heterocycles. The van der Waals surface area contributed by atoms with Crippen molar-refractivity contribution < 1.29 is 37.3 Å². The summed E-state index contributed by atoms with van der Waals surface area (Å²) in [6.07, 6.45) is 3.35. The van der Waals surface area contributed by atoms with Gasteiger partial charge in [0.25, 0.3) is 0 Å². The van der Waals surface area contributed by atoms with E-state index in [-0.39, 0.29) is 12.5 Å². The molecule has 1 aliphatic carbocycles. The van der Waals surface area contributed by atoms with Gasteiger partial charge in [0.15, 0.2) is 0 Å². The van der Waals surface area contributed by atoms with E-state index in [0.717, 1.165) is 58.5 Å². The smallest absolute Gasteiger partial charge is 0.475 e. The zero-order valence-electron chi connectivity index (χ0n) is 18.4. The van der Waals surface area contributed by atoms with E-state index in [1.54, 1.807) is 0 Å². The van der Waals surface area contributed by atoms with Gasteiger partial charge in [0.2, 0.25) is 5.91 Å². The number of carboxylic acids is 1. The van der Waals surface area contributed by atoms with E-state index in [2.05, 4.69) is 16.0 Å². The lowest BCUT2D eigenvalue weighted by Crippen LogP contribution is -2.47. The van der Waals surface area contributed by atoms with Crippen LogP contribution in [0.25, 0.3) is 0 Å². The molecule has 8 nitrogen and oxygen atoms in total. The number of hydrogen-bond donors (Lipinski definition) is 1. The predicted molar refractivity (Wildman–Crippen MR) is 111 cm³/mol. The van der Waals surface area contributed by atoms with E-state index >= 15 is 0 Å². The first kappa shape index (κ1) is 25.4. The number of pyridine rings is 1. The third-order valence-electron chi connectivity index (χ3n) is 6.14. The van der Waals surface area contributed by atoms with Gasteiger partial charge in [-0.3, -0.25) is 14.7 Å². The summed E-state index contributed by atoms with van der Waals surface area (Å²) in [6.45, 7) is 5.38. The Morgan fingerprint density at radius 3 is 2.58 bits per heavy atom. The van der Waals surface area contributed by atoms with Crippen molar-refractivity contribution in [2.24, 2.45) is 5.92 Å². The number of likely N-dealkylation sites (tertiary alicyclic amines) is 1. The molecule has 3 aliphatic rings. The molecule has 1 saturated carbocycles. The number of carboxylic acid groups (broad SMARTS) is 1. The van der Waals surface area contributed by atoms with E-state index in [1.165, 1.54) is 5.56 Å². The standard InChI is InChI=1S/C20H29N3O3.C2HF3O2/c24-20(22-6-1-2-7-22)15-25-14-17-10-18-19(11-17)26-9-8-23(18)13-16-4-3-5-21-12-16;3-2(4,5)1(6)7/h3-5,12,17-19H,1-2,6-11,13-15H2;(H,6,7). The molecule has 0 radical (unpaired) electrons. The Morgan fingerprint density at radius 1 is 1.21 bits per heavy atom. The number of aliphatic carboxylic acids is 1. The number of fused-ring (bicyclic) bond motifs is 1. The van der Waals surface area contributed by atoms with Gasteiger partial charge in [0.1, 0.15) is 6.61 Å². The van der Waals surface area contributed by atoms with Crippen molar-refractivity contribution in [3.8, 4) is 0 Å². The van der Waals surface area contributed by atoms with E-state index in [0.29, 0.717) is 24.7 Å². The molecule has 11 heteroatoms. The first-order valence-electron chi connectivity index (χ1n) is 11.1. The highest BCUT2D eigenvalue weighted by molar-refractivity contribution is 5.77. The number of morpholine rings is 1. The number of aromatic nitrogens is 1. The fraction of sp³-hybridized carbons (Fsp3) is 0.682. The Kier molecular flexibility index (Phi) is 9.04. The van der Waals surface area contributed by atoms with Crippen LogP contribution in [0, 0.1) is 5.92 Å². The highest BCUT2D eigenvalue weighted by Crippen LogP contribution is 2.35. The Balaban J connectivity index is 0.000000383. The lowest BCUT2D eigenvalue weighted by molar-refractivity contribution is -0.192. The molecule has 1 aromatic rings. The zero-order chi connectivity index (χ0) is 23.8. The van der Waals surface area contributed by atoms with Gasteiger partial charge in [-0.05, 0) is 43.2 Å². The van der Waals surface area contributed by atoms with E-state index < -0.39 is 12.1 Å². The summed E-state index contributed by atoms with van der Waals surface area (Å²) in [5, 5.41) is 7.12. The van der Waals surface area contributed by atoms with E-state index in [1.807, 2.05) is 23.4 Å². The van der Waals surface area contributed by atoms with Crippen LogP contribution < -0.4 is 0 Å². The Morgan fingerprint density at radius 2 is 1.94 bits per heavy atom. The van der Waals surface area contributed by atoms with Crippen LogP contribution in [0.3, 0.4) is 0 Å². The van der Waals surface area contributed by atoms with Crippen molar-refractivity contribution in [2.45, 2.75) is 50.6 Å². The second-order valence-corrected chi connectivity index (χ2v) is 8.55. The molecule has 0 spiro atoms. The molecule has 3 unspecified atom stereocenters. The number of alkyl halides is 3. The number of carbonyl (C=O) groups excluding carboxylic acids is 1. The fourth-order valence-electron chi connectivity index (χ4n) is 4.55. The van der Waals surface area contributed by atoms with E-state index in [9.17, 15) is 18.0 Å². The van der Waals surface area contributed by atoms with Crippen molar-refractivity contribution in [3.63, 3.8) is 0 Å². The van der Waals surface area contributed by atoms with Gasteiger partial charge < -0.3 is 19.5 Å². The van der Waals surface area contributed by atoms with Crippen LogP contribution in [-0.2, 0) is 25.6 Å². The summed E-state index contributed by atoms with van der Waals surface area (Å²) in [5.74, 6) is -2.13. The number of nitrogens with zero attached hydrogens (tertiary/aromatic N) is 3. The van der Waals surface area contributed by atoms with Crippen LogP contribution in [0.2, 0.25) is 0 Å². The van der Waals surface area contributed by atoms with Gasteiger partial charge >= 0.3 is 12.1 Å². The minimum Gasteiger partial charge on any atom is -0.475 e. The first-order valence-corrected chi connectivity index (χ1v) is 11.1. The zero-order valence-corrected chi connectivity index (χ0v) is 18.4. The van der Waals surface area contributed by atoms with Crippen LogP contribution in [0.1, 0.15) is 31.2 Å². The van der Waals surface area contributed by atoms with Crippen molar-refractivity contribution in [1.29, 1.82) is 0 Å². The molecule has 1 aromatic heterocycles. The Hall–Kier alpha value is -2.24. The summed E-state index contributed by atoms with van der Waals surface area (Å²) in [4.78, 5) is 29.7. The average Bonchev–Trinajstić information content (AvgIpc) is 3.45. The van der Waals surface area contributed by atoms with Crippen LogP contribution >= 0.6 is 0 Å². The summed E-state index contributed by atoms with van der Waals surface area (Å²) >= 11 is 0. The number of halogens is 3. The second kappa shape index (κ2) is 11.8. The Labute approximate surface area is 190 Å². The highest BCUT2D eigenvalue weighted by atomic mass is 19.4. The number of ether oxygens (including phenoxy) is 2. The summed E-state index contributed by atoms with van der Waals surface area (Å²) in [6, 6.07) is 4.58. The summed E-state index contributed by atoms with van der Waals surface area (Å²) in [5.41, 5.74) is 1.25. The quantitative estimate of drug-likeness (QED) is 0.678. The molecule has 1 amide bonds. The number of rotatable bonds is 6. The monoisotopic (exact) mass is 473 g/mol. The van der Waals surface area contributed by atoms with Gasteiger partial charge in [-0.25, -0.2) is 4.79 Å². The van der Waals surface area contributed by atoms with Crippen molar-refractivity contribution in [2.75, 3.05) is 39.5 Å². The largest absolute Gasteiger partial charge is 0.490 e. The lowest BCUT2D eigenvalue weighted by Gasteiger charge is -2.37. The third-order valence-corrected chi connectivity index (χ3v) is 6.14. The summed E-state index contributed by atoms with van der Waals surface area (Å²) < 4.78 is 43.5. The van der Waals surface area contributed by atoms with Gasteiger partial charge in [0, 0.05) is 44.6 Å². The van der Waals surface area contributed by atoms with Gasteiger partial charge in [-0.15, -0.1) is 0 Å². The minimum atomic E-state index is -5.08. The van der Waals surface area contributed by atoms with Crippen LogP contribution in [-0.4, -0.2) is 89.5 Å². The van der Waals surface area contributed by atoms with Crippen molar-refractivity contribution >= 4 is 11.9 Å². The molecule has 4 rings (SSSR count). The van der Waals surface area contributed by atoms with Crippen LogP contribution in [0.4, 0.5) is 13.2 Å². The molecule has 0 bridgehead atoms. The first-order chi connectivity index (χ1) is 15.7. The maximum Gasteiger partial charge on any atom is 0.490 e. The molecule has 2 aliphatic heterocycles. The lowest BCUT2D eigenvalue weighted by atomic mass is 10.1. The molecular formula is C22H30F3N3O5. The fourth-order valence-corrected chi connectivity index (χ4v) is 4.55. The molecule has 1 N–H and O–H groups in total. The number of carbonyl (C=O) groups is 2. The number of hydrogen-bond acceptors (Lipinski definition) is 6. The molecule has 2 saturated heterocycles. The number of amides is 1. The minimum absolute atomic E-state index is 0.146. The predicted octanol–water partition coefficient (Wildman–Crippen LogP) is 2.33. The average molecular weight is 473 g/mol. The molecule has 3 fully saturated rings. The maximum absolute atomic E-state index is 12.1. The van der Waals surface area contributed by atoms with Gasteiger partial charge in [-0.2, -0.15) is 13.2 Å². The topological polar surface area (TPSA) is 92.2 Å². The van der Waals surface area contributed by atoms with Crippen molar-refractivity contribution in [3.05, 3.63) is 30.1 Å².